The minimum atomic E-state index is -3.75. The van der Waals surface area contributed by atoms with Gasteiger partial charge in [0.2, 0.25) is 24.4 Å². The number of nitrogens with one attached hydrogen (secondary N) is 1. The van der Waals surface area contributed by atoms with E-state index in [-0.39, 0.29) is 23.5 Å². The highest BCUT2D eigenvalue weighted by molar-refractivity contribution is 7.91. The van der Waals surface area contributed by atoms with Crippen molar-refractivity contribution in [2.45, 2.75) is 30.4 Å². The molecule has 1 N–H and O–H groups in total. The van der Waals surface area contributed by atoms with E-state index in [4.69, 9.17) is 14.0 Å². The van der Waals surface area contributed by atoms with E-state index >= 15 is 0 Å². The van der Waals surface area contributed by atoms with E-state index in [1.165, 1.54) is 4.31 Å². The number of carbonyl (C=O) groups is 1. The first-order chi connectivity index (χ1) is 15.9. The Bertz CT molecular complexity index is 1290. The molecule has 0 bridgehead atoms. The fourth-order valence-corrected chi connectivity index (χ4v) is 6.64. The van der Waals surface area contributed by atoms with Crippen molar-refractivity contribution in [3.05, 3.63) is 35.5 Å². The molecule has 2 aliphatic heterocycles. The predicted octanol–water partition coefficient (Wildman–Crippen LogP) is 3.13. The molecule has 174 valence electrons. The smallest absolute Gasteiger partial charge is 0.252 e. The van der Waals surface area contributed by atoms with Crippen molar-refractivity contribution in [1.29, 1.82) is 0 Å². The van der Waals surface area contributed by atoms with Gasteiger partial charge in [0.15, 0.2) is 11.5 Å². The van der Waals surface area contributed by atoms with Crippen LogP contribution in [0.2, 0.25) is 0 Å². The summed E-state index contributed by atoms with van der Waals surface area (Å²) in [6, 6.07) is 6.72. The Morgan fingerprint density at radius 2 is 2.12 bits per heavy atom. The largest absolute Gasteiger partial charge is 0.454 e. The number of rotatable bonds is 6. The third-order valence-electron chi connectivity index (χ3n) is 5.59. The molecular weight excluding hydrogens is 468 g/mol. The molecule has 2 aliphatic rings. The number of sulfonamides is 1. The van der Waals surface area contributed by atoms with Gasteiger partial charge in [-0.05, 0) is 31.0 Å². The molecule has 12 heteroatoms. The van der Waals surface area contributed by atoms with Gasteiger partial charge in [0, 0.05) is 42.2 Å². The third kappa shape index (κ3) is 4.33. The number of carbonyl (C=O) groups excluding carboxylic acids is 1. The normalized spacial score (nSPS) is 18.4. The lowest BCUT2D eigenvalue weighted by atomic mass is 9.98. The molecule has 4 heterocycles. The molecule has 10 nitrogen and oxygen atoms in total. The van der Waals surface area contributed by atoms with Gasteiger partial charge in [0.05, 0.1) is 5.92 Å². The van der Waals surface area contributed by atoms with Crippen molar-refractivity contribution < 1.29 is 27.2 Å². The van der Waals surface area contributed by atoms with Crippen molar-refractivity contribution in [3.63, 3.8) is 0 Å². The predicted molar refractivity (Wildman–Crippen MR) is 120 cm³/mol. The maximum Gasteiger partial charge on any atom is 0.252 e. The molecule has 5 rings (SSSR count). The van der Waals surface area contributed by atoms with E-state index in [0.717, 1.165) is 11.3 Å². The molecule has 0 spiro atoms. The minimum Gasteiger partial charge on any atom is -0.454 e. The number of amides is 1. The maximum atomic E-state index is 13.3. The quantitative estimate of drug-likeness (QED) is 0.559. The first kappa shape index (κ1) is 21.9. The first-order valence-corrected chi connectivity index (χ1v) is 12.9. The van der Waals surface area contributed by atoms with Crippen LogP contribution in [-0.4, -0.2) is 48.7 Å². The van der Waals surface area contributed by atoms with Crippen LogP contribution in [0, 0.1) is 5.92 Å². The van der Waals surface area contributed by atoms with Gasteiger partial charge < -0.3 is 19.3 Å². The zero-order chi connectivity index (χ0) is 23.0. The van der Waals surface area contributed by atoms with Crippen LogP contribution in [0.1, 0.15) is 25.7 Å². The molecule has 1 aromatic carbocycles. The van der Waals surface area contributed by atoms with E-state index in [1.807, 2.05) is 6.92 Å². The summed E-state index contributed by atoms with van der Waals surface area (Å²) in [6.07, 6.45) is 1.81. The summed E-state index contributed by atoms with van der Waals surface area (Å²) in [4.78, 5) is 17.1. The fourth-order valence-electron chi connectivity index (χ4n) is 3.81. The molecule has 3 aromatic rings. The maximum absolute atomic E-state index is 13.3. The van der Waals surface area contributed by atoms with E-state index < -0.39 is 15.9 Å². The number of aryl methyl sites for hydroxylation is 1. The summed E-state index contributed by atoms with van der Waals surface area (Å²) in [7, 11) is -3.75. The second-order valence-corrected chi connectivity index (χ2v) is 10.9. The van der Waals surface area contributed by atoms with Crippen molar-refractivity contribution in [2.24, 2.45) is 5.92 Å². The first-order valence-electron chi connectivity index (χ1n) is 10.6. The van der Waals surface area contributed by atoms with Crippen molar-refractivity contribution in [3.8, 4) is 22.9 Å². The summed E-state index contributed by atoms with van der Waals surface area (Å²) in [5.74, 6) is 1.38. The number of piperidine rings is 1. The van der Waals surface area contributed by atoms with Crippen LogP contribution in [-0.2, 0) is 21.2 Å². The number of hydrogen-bond donors (Lipinski definition) is 1. The molecule has 1 atom stereocenters. The van der Waals surface area contributed by atoms with Crippen molar-refractivity contribution >= 4 is 33.0 Å². The molecule has 2 aromatic heterocycles. The summed E-state index contributed by atoms with van der Waals surface area (Å²) in [5, 5.41) is 8.47. The summed E-state index contributed by atoms with van der Waals surface area (Å²) >= 11 is 1.11. The molecule has 0 unspecified atom stereocenters. The van der Waals surface area contributed by atoms with Gasteiger partial charge in [-0.3, -0.25) is 4.79 Å². The van der Waals surface area contributed by atoms with Crippen molar-refractivity contribution in [2.75, 3.05) is 25.2 Å². The number of thiophene rings is 1. The van der Waals surface area contributed by atoms with Crippen LogP contribution in [0.25, 0.3) is 11.4 Å². The number of fused-ring (bicyclic) bond motifs is 1. The van der Waals surface area contributed by atoms with Crippen LogP contribution in [0.5, 0.6) is 11.5 Å². The molecule has 33 heavy (non-hydrogen) atoms. The second kappa shape index (κ2) is 8.76. The van der Waals surface area contributed by atoms with Crippen LogP contribution in [0.15, 0.2) is 38.4 Å². The summed E-state index contributed by atoms with van der Waals surface area (Å²) in [6.45, 7) is 2.54. The Morgan fingerprint density at radius 1 is 1.27 bits per heavy atom. The van der Waals surface area contributed by atoms with Gasteiger partial charge in [-0.1, -0.05) is 12.1 Å². The summed E-state index contributed by atoms with van der Waals surface area (Å²) < 4.78 is 43.8. The average Bonchev–Trinajstić information content (AvgIpc) is 3.59. The van der Waals surface area contributed by atoms with Gasteiger partial charge in [-0.25, -0.2) is 8.42 Å². The molecule has 0 radical (unpaired) electrons. The zero-order valence-electron chi connectivity index (χ0n) is 17.8. The standard InChI is InChI=1S/C21H22N4O6S2/c1-2-18-23-20(24-31-18)14-8-19(32-11-14)33(27,28)25-7-3-4-13(10-25)21(26)22-15-5-6-16-17(9-15)30-12-29-16/h5-6,8-9,11,13H,2-4,7,10,12H2,1H3,(H,22,26)/t13-/m0/s1. The van der Waals surface area contributed by atoms with Gasteiger partial charge in [0.1, 0.15) is 4.21 Å². The van der Waals surface area contributed by atoms with E-state index in [1.54, 1.807) is 29.6 Å². The summed E-state index contributed by atoms with van der Waals surface area (Å²) in [5.41, 5.74) is 1.18. The second-order valence-electron chi connectivity index (χ2n) is 7.78. The van der Waals surface area contributed by atoms with Gasteiger partial charge in [-0.15, -0.1) is 11.3 Å². The monoisotopic (exact) mass is 490 g/mol. The van der Waals surface area contributed by atoms with Crippen LogP contribution in [0.4, 0.5) is 5.69 Å². The van der Waals surface area contributed by atoms with Crippen molar-refractivity contribution in [1.82, 2.24) is 14.4 Å². The van der Waals surface area contributed by atoms with Gasteiger partial charge >= 0.3 is 0 Å². The molecular formula is C21H22N4O6S2. The number of ether oxygens (including phenoxy) is 2. The highest BCUT2D eigenvalue weighted by Gasteiger charge is 2.34. The average molecular weight is 491 g/mol. The lowest BCUT2D eigenvalue weighted by molar-refractivity contribution is -0.120. The topological polar surface area (TPSA) is 124 Å². The SMILES string of the molecule is CCc1nc(-c2csc(S(=O)(=O)N3CCC[C@H](C(=O)Nc4ccc5c(c4)OCO5)C3)c2)no1. The van der Waals surface area contributed by atoms with E-state index in [9.17, 15) is 13.2 Å². The van der Waals surface area contributed by atoms with Crippen LogP contribution in [0.3, 0.4) is 0 Å². The third-order valence-corrected chi connectivity index (χ3v) is 8.87. The minimum absolute atomic E-state index is 0.119. The van der Waals surface area contributed by atoms with Crippen LogP contribution < -0.4 is 14.8 Å². The Balaban J connectivity index is 1.28. The number of hydrogen-bond acceptors (Lipinski definition) is 9. The highest BCUT2D eigenvalue weighted by atomic mass is 32.2. The fraction of sp³-hybridized carbons (Fsp3) is 0.381. The van der Waals surface area contributed by atoms with Gasteiger partial charge in [-0.2, -0.15) is 9.29 Å². The number of aromatic nitrogens is 2. The highest BCUT2D eigenvalue weighted by Crippen LogP contribution is 2.35. The molecule has 0 aliphatic carbocycles. The number of anilines is 1. The molecule has 1 fully saturated rings. The lowest BCUT2D eigenvalue weighted by Crippen LogP contribution is -2.43. The number of nitrogens with zero attached hydrogens (tertiary/aromatic N) is 3. The lowest BCUT2D eigenvalue weighted by Gasteiger charge is -2.30. The van der Waals surface area contributed by atoms with Crippen LogP contribution >= 0.6 is 11.3 Å². The van der Waals surface area contributed by atoms with E-state index in [2.05, 4.69) is 15.5 Å². The molecule has 1 amide bonds. The Hall–Kier alpha value is -2.96. The Morgan fingerprint density at radius 3 is 2.94 bits per heavy atom. The number of benzene rings is 1. The Kier molecular flexibility index (Phi) is 5.81. The Labute approximate surface area is 194 Å². The van der Waals surface area contributed by atoms with E-state index in [0.29, 0.717) is 60.3 Å². The molecule has 0 saturated carbocycles. The molecule has 1 saturated heterocycles. The zero-order valence-corrected chi connectivity index (χ0v) is 19.4. The van der Waals surface area contributed by atoms with Gasteiger partial charge in [0.25, 0.3) is 10.0 Å².